The van der Waals surface area contributed by atoms with Crippen molar-refractivity contribution in [1.29, 1.82) is 5.26 Å². The van der Waals surface area contributed by atoms with Crippen molar-refractivity contribution in [3.63, 3.8) is 0 Å². The molecule has 0 spiro atoms. The maximum absolute atomic E-state index is 12.4. The number of aromatic nitrogens is 3. The third-order valence-electron chi connectivity index (χ3n) is 7.21. The Bertz CT molecular complexity index is 1170. The van der Waals surface area contributed by atoms with Crippen molar-refractivity contribution in [3.05, 3.63) is 24.2 Å². The quantitative estimate of drug-likeness (QED) is 0.302. The average molecular weight is 515 g/mol. The van der Waals surface area contributed by atoms with Gasteiger partial charge in [-0.1, -0.05) is 6.42 Å². The zero-order valence-electron chi connectivity index (χ0n) is 21.4. The summed E-state index contributed by atoms with van der Waals surface area (Å²) in [5.74, 6) is -0.897. The van der Waals surface area contributed by atoms with Crippen LogP contribution in [-0.2, 0) is 28.5 Å². The fourth-order valence-corrected chi connectivity index (χ4v) is 5.31. The van der Waals surface area contributed by atoms with Crippen molar-refractivity contribution in [1.82, 2.24) is 19.9 Å². The van der Waals surface area contributed by atoms with Crippen molar-refractivity contribution in [2.75, 3.05) is 19.1 Å². The standard InChI is InChI=1S/C25H34N6O6/c1-15(23(32)34-16-7-5-4-6-8-16)29-14-33-12-25(11-26)21-20(35-24(2,3)37-21)19(36-25)17-9-10-18-22(27)28-13-30-31(17)18/h9-10,13,15-16,19-21,29H,4-8,12,14H2,1-3H3,(H2,27,28,30)/t15-,19-,20-,21-,25+/m0/s1. The van der Waals surface area contributed by atoms with Crippen molar-refractivity contribution >= 4 is 17.3 Å². The van der Waals surface area contributed by atoms with E-state index < -0.39 is 35.7 Å². The molecule has 2 saturated heterocycles. The predicted octanol–water partition coefficient (Wildman–Crippen LogP) is 1.99. The molecule has 37 heavy (non-hydrogen) atoms. The van der Waals surface area contributed by atoms with Crippen LogP contribution in [0, 0.1) is 11.3 Å². The zero-order valence-corrected chi connectivity index (χ0v) is 21.4. The van der Waals surface area contributed by atoms with Gasteiger partial charge in [-0.05, 0) is 58.6 Å². The molecule has 5 atom stereocenters. The summed E-state index contributed by atoms with van der Waals surface area (Å²) in [7, 11) is 0. The minimum absolute atomic E-state index is 0.0114. The number of ether oxygens (including phenoxy) is 5. The Labute approximate surface area is 215 Å². The SMILES string of the molecule is C[C@H](NCOC[C@@]1(C#N)O[C@@H](c2ccc3c(N)ncnn23)[C@@H]2OC(C)(C)O[C@@H]21)C(=O)OC1CCCCC1. The van der Waals surface area contributed by atoms with E-state index >= 15 is 0 Å². The molecule has 2 aromatic rings. The maximum atomic E-state index is 12.4. The van der Waals surface area contributed by atoms with Gasteiger partial charge >= 0.3 is 5.97 Å². The van der Waals surface area contributed by atoms with Crippen molar-refractivity contribution in [2.24, 2.45) is 0 Å². The molecule has 0 amide bonds. The Hall–Kier alpha value is -2.82. The first-order valence-electron chi connectivity index (χ1n) is 12.8. The fraction of sp³-hybridized carbons (Fsp3) is 0.680. The summed E-state index contributed by atoms with van der Waals surface area (Å²) in [4.78, 5) is 16.5. The monoisotopic (exact) mass is 514 g/mol. The number of esters is 1. The summed E-state index contributed by atoms with van der Waals surface area (Å²) in [6.45, 7) is 5.25. The van der Waals surface area contributed by atoms with E-state index in [1.807, 2.05) is 6.07 Å². The van der Waals surface area contributed by atoms with E-state index in [9.17, 15) is 10.1 Å². The van der Waals surface area contributed by atoms with Gasteiger partial charge in [0.05, 0.1) is 19.0 Å². The number of carbonyl (C=O) groups is 1. The Morgan fingerprint density at radius 1 is 1.30 bits per heavy atom. The van der Waals surface area contributed by atoms with Crippen LogP contribution in [0.3, 0.4) is 0 Å². The number of hydrogen-bond donors (Lipinski definition) is 2. The molecule has 12 nitrogen and oxygen atoms in total. The van der Waals surface area contributed by atoms with Gasteiger partial charge in [0, 0.05) is 0 Å². The number of nitrogens with one attached hydrogen (secondary N) is 1. The highest BCUT2D eigenvalue weighted by Crippen LogP contribution is 2.50. The van der Waals surface area contributed by atoms with Gasteiger partial charge in [0.1, 0.15) is 48.4 Å². The van der Waals surface area contributed by atoms with Crippen LogP contribution in [0.1, 0.15) is 64.7 Å². The van der Waals surface area contributed by atoms with E-state index in [4.69, 9.17) is 29.4 Å². The van der Waals surface area contributed by atoms with Crippen molar-refractivity contribution < 1.29 is 28.5 Å². The van der Waals surface area contributed by atoms with Crippen LogP contribution in [0.25, 0.3) is 5.52 Å². The molecular formula is C25H34N6O6. The van der Waals surface area contributed by atoms with Gasteiger partial charge in [-0.3, -0.25) is 10.1 Å². The van der Waals surface area contributed by atoms with E-state index in [2.05, 4.69) is 21.5 Å². The van der Waals surface area contributed by atoms with Gasteiger partial charge in [-0.15, -0.1) is 0 Å². The van der Waals surface area contributed by atoms with Gasteiger partial charge < -0.3 is 29.4 Å². The Morgan fingerprint density at radius 2 is 2.08 bits per heavy atom. The molecule has 1 saturated carbocycles. The van der Waals surface area contributed by atoms with E-state index in [0.29, 0.717) is 17.0 Å². The highest BCUT2D eigenvalue weighted by atomic mass is 16.8. The summed E-state index contributed by atoms with van der Waals surface area (Å²) < 4.78 is 31.7. The van der Waals surface area contributed by atoms with Crippen LogP contribution in [0.5, 0.6) is 0 Å². The van der Waals surface area contributed by atoms with E-state index in [1.54, 1.807) is 31.4 Å². The van der Waals surface area contributed by atoms with Gasteiger partial charge in [0.2, 0.25) is 5.60 Å². The largest absolute Gasteiger partial charge is 0.461 e. The lowest BCUT2D eigenvalue weighted by Crippen LogP contribution is -2.47. The minimum atomic E-state index is -1.45. The summed E-state index contributed by atoms with van der Waals surface area (Å²) in [5.41, 5.74) is 5.84. The zero-order chi connectivity index (χ0) is 26.2. The third kappa shape index (κ3) is 5.02. The van der Waals surface area contributed by atoms with Crippen molar-refractivity contribution in [2.45, 2.75) is 94.7 Å². The number of fused-ring (bicyclic) bond motifs is 2. The molecule has 2 aromatic heterocycles. The minimum Gasteiger partial charge on any atom is -0.461 e. The number of nitrogen functional groups attached to an aromatic ring is 1. The topological polar surface area (TPSA) is 155 Å². The Balaban J connectivity index is 1.25. The maximum Gasteiger partial charge on any atom is 0.323 e. The molecule has 3 aliphatic rings. The summed E-state index contributed by atoms with van der Waals surface area (Å²) in [6.07, 6.45) is 4.58. The lowest BCUT2D eigenvalue weighted by atomic mass is 9.96. The molecule has 5 rings (SSSR count). The second kappa shape index (κ2) is 10.2. The Morgan fingerprint density at radius 3 is 2.84 bits per heavy atom. The van der Waals surface area contributed by atoms with Crippen LogP contribution in [0.2, 0.25) is 0 Å². The second-order valence-electron chi connectivity index (χ2n) is 10.4. The number of hydrogen-bond acceptors (Lipinski definition) is 11. The molecule has 0 radical (unpaired) electrons. The average Bonchev–Trinajstić information content (AvgIpc) is 3.53. The molecule has 1 aliphatic carbocycles. The molecule has 0 aromatic carbocycles. The van der Waals surface area contributed by atoms with Gasteiger partial charge in [-0.25, -0.2) is 9.50 Å². The molecule has 3 fully saturated rings. The van der Waals surface area contributed by atoms with Crippen LogP contribution >= 0.6 is 0 Å². The molecule has 0 unspecified atom stereocenters. The van der Waals surface area contributed by atoms with Crippen LogP contribution in [0.15, 0.2) is 18.5 Å². The van der Waals surface area contributed by atoms with E-state index in [0.717, 1.165) is 25.7 Å². The summed E-state index contributed by atoms with van der Waals surface area (Å²) in [5, 5.41) is 17.6. The normalized spacial score (nSPS) is 30.2. The first kappa shape index (κ1) is 25.8. The predicted molar refractivity (Wildman–Crippen MR) is 130 cm³/mol. The third-order valence-corrected chi connectivity index (χ3v) is 7.21. The number of nitrogens with two attached hydrogens (primary N) is 1. The smallest absolute Gasteiger partial charge is 0.323 e. The Kier molecular flexibility index (Phi) is 7.08. The molecule has 0 bridgehead atoms. The van der Waals surface area contributed by atoms with Crippen LogP contribution in [0.4, 0.5) is 5.82 Å². The molecule has 3 N–H and O–H groups in total. The first-order chi connectivity index (χ1) is 17.7. The van der Waals surface area contributed by atoms with Crippen LogP contribution < -0.4 is 11.1 Å². The van der Waals surface area contributed by atoms with Crippen LogP contribution in [-0.4, -0.2) is 69.6 Å². The molecule has 4 heterocycles. The van der Waals surface area contributed by atoms with Crippen molar-refractivity contribution in [3.8, 4) is 6.07 Å². The lowest BCUT2D eigenvalue weighted by molar-refractivity contribution is -0.208. The number of nitriles is 1. The fourth-order valence-electron chi connectivity index (χ4n) is 5.31. The number of anilines is 1. The molecule has 2 aliphatic heterocycles. The van der Waals surface area contributed by atoms with E-state index in [-0.39, 0.29) is 25.4 Å². The molecule has 200 valence electrons. The molecule has 12 heteroatoms. The van der Waals surface area contributed by atoms with Gasteiger partial charge in [-0.2, -0.15) is 10.4 Å². The van der Waals surface area contributed by atoms with E-state index in [1.165, 1.54) is 12.7 Å². The lowest BCUT2D eigenvalue weighted by Gasteiger charge is -2.29. The first-order valence-corrected chi connectivity index (χ1v) is 12.8. The number of rotatable bonds is 8. The second-order valence-corrected chi connectivity index (χ2v) is 10.4. The van der Waals surface area contributed by atoms with Gasteiger partial charge in [0.15, 0.2) is 11.6 Å². The number of carbonyl (C=O) groups excluding carboxylic acids is 1. The highest BCUT2D eigenvalue weighted by Gasteiger charge is 2.64. The molecular weight excluding hydrogens is 480 g/mol. The number of nitrogens with zero attached hydrogens (tertiary/aromatic N) is 4. The summed E-state index contributed by atoms with van der Waals surface area (Å²) in [6, 6.07) is 5.34. The van der Waals surface area contributed by atoms with Gasteiger partial charge in [0.25, 0.3) is 0 Å². The summed E-state index contributed by atoms with van der Waals surface area (Å²) >= 11 is 0. The highest BCUT2D eigenvalue weighted by molar-refractivity contribution is 5.75.